The number of pyridine rings is 1. The third-order valence-corrected chi connectivity index (χ3v) is 2.71. The molecule has 0 aliphatic carbocycles. The molecule has 84 valence electrons. The van der Waals surface area contributed by atoms with Gasteiger partial charge < -0.3 is 10.1 Å². The predicted octanol–water partition coefficient (Wildman–Crippen LogP) is 2.00. The van der Waals surface area contributed by atoms with Crippen molar-refractivity contribution >= 4 is 5.65 Å². The molecule has 0 aliphatic rings. The first kappa shape index (κ1) is 9.72. The molecule has 2 N–H and O–H groups in total. The van der Waals surface area contributed by atoms with E-state index in [-0.39, 0.29) is 11.3 Å². The molecule has 0 spiro atoms. The molecule has 17 heavy (non-hydrogen) atoms. The fourth-order valence-electron chi connectivity index (χ4n) is 1.87. The largest absolute Gasteiger partial charge is 0.507 e. The molecular weight excluding hydrogens is 216 g/mol. The number of phenols is 1. The van der Waals surface area contributed by atoms with Gasteiger partial charge in [0.15, 0.2) is 0 Å². The molecule has 0 saturated heterocycles. The topological polar surface area (TPSA) is 57.5 Å². The van der Waals surface area contributed by atoms with Crippen molar-refractivity contribution in [1.29, 1.82) is 0 Å². The molecule has 0 unspecified atom stereocenters. The Kier molecular flexibility index (Phi) is 2.01. The molecule has 0 fully saturated rings. The second-order valence-electron chi connectivity index (χ2n) is 3.80. The molecule has 4 heteroatoms. The minimum Gasteiger partial charge on any atom is -0.507 e. The third kappa shape index (κ3) is 1.50. The number of H-pyrrole nitrogens is 1. The normalized spacial score (nSPS) is 10.8. The van der Waals surface area contributed by atoms with E-state index in [1.54, 1.807) is 30.5 Å². The molecule has 0 atom stereocenters. The summed E-state index contributed by atoms with van der Waals surface area (Å²) in [6.45, 7) is 0. The molecule has 3 rings (SSSR count). The summed E-state index contributed by atoms with van der Waals surface area (Å²) in [6, 6.07) is 12.0. The van der Waals surface area contributed by atoms with Gasteiger partial charge in [0.1, 0.15) is 11.4 Å². The van der Waals surface area contributed by atoms with Crippen LogP contribution in [0.5, 0.6) is 5.75 Å². The van der Waals surface area contributed by atoms with E-state index in [0.29, 0.717) is 16.9 Å². The number of aromatic nitrogens is 2. The number of hydrogen-bond acceptors (Lipinski definition) is 2. The van der Waals surface area contributed by atoms with E-state index in [0.717, 1.165) is 0 Å². The van der Waals surface area contributed by atoms with Crippen LogP contribution >= 0.6 is 0 Å². The van der Waals surface area contributed by atoms with Gasteiger partial charge in [-0.05, 0) is 18.2 Å². The number of para-hydroxylation sites is 1. The van der Waals surface area contributed by atoms with Crippen LogP contribution in [0.1, 0.15) is 0 Å². The number of benzene rings is 1. The lowest BCUT2D eigenvalue weighted by Gasteiger charge is -1.99. The summed E-state index contributed by atoms with van der Waals surface area (Å²) >= 11 is 0. The second kappa shape index (κ2) is 3.52. The van der Waals surface area contributed by atoms with E-state index in [4.69, 9.17) is 0 Å². The van der Waals surface area contributed by atoms with Crippen molar-refractivity contribution in [1.82, 2.24) is 9.38 Å². The van der Waals surface area contributed by atoms with Gasteiger partial charge in [0.25, 0.3) is 5.56 Å². The molecule has 0 radical (unpaired) electrons. The van der Waals surface area contributed by atoms with Crippen LogP contribution in [0.3, 0.4) is 0 Å². The van der Waals surface area contributed by atoms with Crippen LogP contribution in [0, 0.1) is 0 Å². The van der Waals surface area contributed by atoms with Gasteiger partial charge in [-0.15, -0.1) is 0 Å². The zero-order chi connectivity index (χ0) is 11.8. The number of rotatable bonds is 1. The number of fused-ring (bicyclic) bond motifs is 1. The van der Waals surface area contributed by atoms with Gasteiger partial charge in [-0.1, -0.05) is 18.2 Å². The average molecular weight is 226 g/mol. The van der Waals surface area contributed by atoms with E-state index in [1.807, 2.05) is 12.1 Å². The average Bonchev–Trinajstić information content (AvgIpc) is 2.75. The number of nitrogens with one attached hydrogen (secondary N) is 1. The van der Waals surface area contributed by atoms with Crippen molar-refractivity contribution < 1.29 is 5.11 Å². The zero-order valence-corrected chi connectivity index (χ0v) is 8.92. The summed E-state index contributed by atoms with van der Waals surface area (Å²) < 4.78 is 1.52. The molecular formula is C13H10N2O2. The minimum atomic E-state index is -0.0968. The number of aromatic hydroxyl groups is 1. The summed E-state index contributed by atoms with van der Waals surface area (Å²) in [5, 5.41) is 9.75. The van der Waals surface area contributed by atoms with E-state index in [1.165, 1.54) is 10.5 Å². The molecule has 0 bridgehead atoms. The lowest BCUT2D eigenvalue weighted by Crippen LogP contribution is -2.08. The number of phenolic OH excluding ortho intramolecular Hbond substituents is 1. The summed E-state index contributed by atoms with van der Waals surface area (Å²) in [5.41, 5.74) is 2.00. The first-order valence-corrected chi connectivity index (χ1v) is 5.24. The van der Waals surface area contributed by atoms with E-state index >= 15 is 0 Å². The summed E-state index contributed by atoms with van der Waals surface area (Å²) in [5.74, 6) is 0.187. The molecule has 2 aromatic heterocycles. The van der Waals surface area contributed by atoms with Crippen molar-refractivity contribution in [3.63, 3.8) is 0 Å². The molecule has 0 saturated carbocycles. The van der Waals surface area contributed by atoms with Crippen molar-refractivity contribution in [3.8, 4) is 17.0 Å². The van der Waals surface area contributed by atoms with Crippen molar-refractivity contribution in [2.24, 2.45) is 0 Å². The van der Waals surface area contributed by atoms with Gasteiger partial charge in [-0.3, -0.25) is 9.20 Å². The van der Waals surface area contributed by atoms with Gasteiger partial charge in [0.2, 0.25) is 0 Å². The first-order valence-electron chi connectivity index (χ1n) is 5.24. The lowest BCUT2D eigenvalue weighted by molar-refractivity contribution is 0.477. The van der Waals surface area contributed by atoms with Gasteiger partial charge in [-0.25, -0.2) is 0 Å². The standard InChI is InChI=1S/C13H10N2O2/c16-11-5-2-1-4-9(11)10-8-15-12(14-10)6-3-7-13(15)17/h1-8,14,16H. The predicted molar refractivity (Wildman–Crippen MR) is 65.1 cm³/mol. The SMILES string of the molecule is O=c1cccc2[nH]c(-c3ccccc3O)cn12. The van der Waals surface area contributed by atoms with Gasteiger partial charge in [0.05, 0.1) is 5.69 Å². The highest BCUT2D eigenvalue weighted by atomic mass is 16.3. The van der Waals surface area contributed by atoms with Crippen LogP contribution in [-0.4, -0.2) is 14.5 Å². The molecule has 0 amide bonds. The van der Waals surface area contributed by atoms with E-state index in [2.05, 4.69) is 4.98 Å². The Bertz CT molecular complexity index is 740. The van der Waals surface area contributed by atoms with Crippen molar-refractivity contribution in [2.75, 3.05) is 0 Å². The highest BCUT2D eigenvalue weighted by molar-refractivity contribution is 5.68. The third-order valence-electron chi connectivity index (χ3n) is 2.71. The summed E-state index contributed by atoms with van der Waals surface area (Å²) in [7, 11) is 0. The summed E-state index contributed by atoms with van der Waals surface area (Å²) in [4.78, 5) is 14.7. The van der Waals surface area contributed by atoms with Crippen LogP contribution in [0.2, 0.25) is 0 Å². The Labute approximate surface area is 96.8 Å². The highest BCUT2D eigenvalue weighted by Gasteiger charge is 2.07. The van der Waals surface area contributed by atoms with Gasteiger partial charge in [0, 0.05) is 17.8 Å². The van der Waals surface area contributed by atoms with Crippen LogP contribution < -0.4 is 5.56 Å². The fraction of sp³-hybridized carbons (Fsp3) is 0. The Balaban J connectivity index is 2.30. The molecule has 0 aliphatic heterocycles. The van der Waals surface area contributed by atoms with Crippen molar-refractivity contribution in [3.05, 3.63) is 59.0 Å². The fourth-order valence-corrected chi connectivity index (χ4v) is 1.87. The second-order valence-corrected chi connectivity index (χ2v) is 3.80. The Morgan fingerprint density at radius 1 is 1.06 bits per heavy atom. The van der Waals surface area contributed by atoms with Crippen LogP contribution in [0.15, 0.2) is 53.5 Å². The number of imidazole rings is 1. The Morgan fingerprint density at radius 2 is 1.88 bits per heavy atom. The highest BCUT2D eigenvalue weighted by Crippen LogP contribution is 2.27. The van der Waals surface area contributed by atoms with E-state index < -0.39 is 0 Å². The van der Waals surface area contributed by atoms with E-state index in [9.17, 15) is 9.90 Å². The number of aromatic amines is 1. The molecule has 3 aromatic rings. The first-order chi connectivity index (χ1) is 8.25. The zero-order valence-electron chi connectivity index (χ0n) is 8.92. The molecule has 1 aromatic carbocycles. The monoisotopic (exact) mass is 226 g/mol. The van der Waals surface area contributed by atoms with Crippen LogP contribution in [0.4, 0.5) is 0 Å². The Hall–Kier alpha value is -2.49. The van der Waals surface area contributed by atoms with Crippen molar-refractivity contribution in [2.45, 2.75) is 0 Å². The smallest absolute Gasteiger partial charge is 0.256 e. The molecule has 2 heterocycles. The minimum absolute atomic E-state index is 0.0968. The Morgan fingerprint density at radius 3 is 2.65 bits per heavy atom. The maximum absolute atomic E-state index is 11.6. The maximum atomic E-state index is 11.6. The summed E-state index contributed by atoms with van der Waals surface area (Å²) in [6.07, 6.45) is 1.69. The lowest BCUT2D eigenvalue weighted by atomic mass is 10.1. The quantitative estimate of drug-likeness (QED) is 0.666. The van der Waals surface area contributed by atoms with Crippen LogP contribution in [-0.2, 0) is 0 Å². The van der Waals surface area contributed by atoms with Gasteiger partial charge in [-0.2, -0.15) is 0 Å². The number of nitrogens with zero attached hydrogens (tertiary/aromatic N) is 1. The molecule has 4 nitrogen and oxygen atoms in total. The maximum Gasteiger partial charge on any atom is 0.256 e. The van der Waals surface area contributed by atoms with Gasteiger partial charge >= 0.3 is 0 Å². The van der Waals surface area contributed by atoms with Crippen LogP contribution in [0.25, 0.3) is 16.9 Å². The number of hydrogen-bond donors (Lipinski definition) is 2.